The number of thioether (sulfide) groups is 1. The van der Waals surface area contributed by atoms with Crippen LogP contribution < -0.4 is 60.2 Å². The number of aromatic nitrogens is 1. The van der Waals surface area contributed by atoms with Crippen molar-refractivity contribution in [2.45, 2.75) is 88.1 Å². The Labute approximate surface area is 435 Å². The van der Waals surface area contributed by atoms with Gasteiger partial charge in [0.25, 0.3) is 0 Å². The Morgan fingerprint density at radius 2 is 1.51 bits per heavy atom. The molecule has 2 aliphatic rings. The second-order valence-corrected chi connectivity index (χ2v) is 19.1. The number of carbonyl (C=O) groups is 9. The average Bonchev–Trinajstić information content (AvgIpc) is 4.17. The molecule has 75 heavy (non-hydrogen) atoms. The number of para-hydroxylation sites is 1. The molecule has 3 heterocycles. The van der Waals surface area contributed by atoms with Crippen molar-refractivity contribution in [3.63, 3.8) is 0 Å². The highest BCUT2D eigenvalue weighted by Gasteiger charge is 2.38. The Hall–Kier alpha value is -8.32. The maximum atomic E-state index is 13.6. The fourth-order valence-corrected chi connectivity index (χ4v) is 9.62. The number of fused-ring (bicyclic) bond motifs is 1. The summed E-state index contributed by atoms with van der Waals surface area (Å²) in [6.07, 6.45) is 3.59. The van der Waals surface area contributed by atoms with Crippen LogP contribution in [0.4, 0.5) is 5.69 Å². The molecule has 1 aromatic heterocycles. The number of rotatable bonds is 25. The highest BCUT2D eigenvalue weighted by Crippen LogP contribution is 2.28. The van der Waals surface area contributed by atoms with Gasteiger partial charge in [-0.15, -0.1) is 11.8 Å². The molecule has 6 atom stereocenters. The van der Waals surface area contributed by atoms with Gasteiger partial charge >= 0.3 is 0 Å². The number of carbonyl (C=O) groups excluding carboxylic acids is 9. The van der Waals surface area contributed by atoms with Crippen LogP contribution in [0, 0.1) is 5.41 Å². The normalized spacial score (nSPS) is 16.6. The van der Waals surface area contributed by atoms with Crippen LogP contribution in [0.25, 0.3) is 10.9 Å². The summed E-state index contributed by atoms with van der Waals surface area (Å²) in [5, 5.41) is 27.1. The first kappa shape index (κ1) is 56.0. The van der Waals surface area contributed by atoms with Gasteiger partial charge in [-0.1, -0.05) is 48.5 Å². The van der Waals surface area contributed by atoms with Crippen LogP contribution in [-0.4, -0.2) is 142 Å². The number of hydrogen-bond donors (Lipinski definition) is 13. The summed E-state index contributed by atoms with van der Waals surface area (Å²) in [5.74, 6) is -5.20. The van der Waals surface area contributed by atoms with Crippen molar-refractivity contribution in [2.24, 2.45) is 27.9 Å². The van der Waals surface area contributed by atoms with E-state index in [1.807, 2.05) is 30.3 Å². The SMILES string of the molecule is CC(=O)N[C@@H](Cc1cccc(C2=N[C@H](C(=O)N3CCC[C@H]3C(N)=O)CS2)c1)C(=O)NCC(=O)NCC(=O)Nc1ccc(C[C@H](NC(=O)[C@H](CCCNC(=N)N)NC(=O)[C@@H](N)Cc2c[nH]c3ccccc23)C(N)=O)cc1. The van der Waals surface area contributed by atoms with Gasteiger partial charge in [0, 0.05) is 67.0 Å². The first-order valence-electron chi connectivity index (χ1n) is 24.2. The van der Waals surface area contributed by atoms with Crippen LogP contribution in [0.3, 0.4) is 0 Å². The summed E-state index contributed by atoms with van der Waals surface area (Å²) in [4.78, 5) is 125. The summed E-state index contributed by atoms with van der Waals surface area (Å²) >= 11 is 1.39. The molecule has 0 bridgehead atoms. The summed E-state index contributed by atoms with van der Waals surface area (Å²) in [5.41, 5.74) is 26.9. The standard InChI is InChI=1S/C50H63N15O9S/c1-27(66)60-38(21-29-7-4-8-30(19-29)48-64-39(26-75-48)49(74)65-18-6-12-40(65)44(53)70)46(72)59-24-41(67)58-25-42(68)61-32-15-13-28(14-16-32)20-37(43(52)69)63-47(73)36(11-5-17-56-50(54)55)62-45(71)34(51)22-31-23-57-35-10-3-2-9-33(31)35/h2-4,7-10,13-16,19,23,34,36-40,57H,5-6,11-12,17-18,20-22,24-26,51H2,1H3,(H2,52,69)(H2,53,70)(H,58,67)(H,59,72)(H,60,66)(H,61,68)(H,62,71)(H,63,73)(H4,54,55,56)/t34-,36-,37-,38-,39-,40-/m0/s1. The molecule has 3 aromatic carbocycles. The first-order valence-corrected chi connectivity index (χ1v) is 25.2. The topological polar surface area (TPSA) is 397 Å². The minimum atomic E-state index is -1.20. The van der Waals surface area contributed by atoms with E-state index >= 15 is 0 Å². The van der Waals surface area contributed by atoms with Crippen LogP contribution in [0.1, 0.15) is 54.9 Å². The zero-order chi connectivity index (χ0) is 54.2. The average molecular weight is 1050 g/mol. The highest BCUT2D eigenvalue weighted by molar-refractivity contribution is 8.14. The summed E-state index contributed by atoms with van der Waals surface area (Å²) < 4.78 is 0. The molecule has 0 spiro atoms. The zero-order valence-electron chi connectivity index (χ0n) is 41.2. The maximum absolute atomic E-state index is 13.6. The molecule has 25 heteroatoms. The molecule has 0 unspecified atom stereocenters. The van der Waals surface area contributed by atoms with Gasteiger partial charge in [0.15, 0.2) is 5.96 Å². The predicted octanol–water partition coefficient (Wildman–Crippen LogP) is -1.74. The fourth-order valence-electron chi connectivity index (χ4n) is 8.60. The van der Waals surface area contributed by atoms with Gasteiger partial charge in [0.1, 0.15) is 30.2 Å². The molecule has 6 rings (SSSR count). The van der Waals surface area contributed by atoms with E-state index in [4.69, 9.17) is 28.3 Å². The van der Waals surface area contributed by atoms with Crippen molar-refractivity contribution in [3.8, 4) is 0 Å². The Balaban J connectivity index is 0.956. The van der Waals surface area contributed by atoms with Crippen LogP contribution in [-0.2, 0) is 62.4 Å². The molecule has 17 N–H and O–H groups in total. The zero-order valence-corrected chi connectivity index (χ0v) is 42.1. The molecule has 0 aliphatic carbocycles. The number of nitrogens with zero attached hydrogens (tertiary/aromatic N) is 2. The van der Waals surface area contributed by atoms with Gasteiger partial charge in [-0.25, -0.2) is 0 Å². The van der Waals surface area contributed by atoms with E-state index in [1.165, 1.54) is 23.6 Å². The summed E-state index contributed by atoms with van der Waals surface area (Å²) in [7, 11) is 0. The molecule has 0 saturated carbocycles. The van der Waals surface area contributed by atoms with E-state index in [1.54, 1.807) is 48.7 Å². The number of nitrogens with two attached hydrogens (primary N) is 4. The smallest absolute Gasteiger partial charge is 0.248 e. The molecule has 1 fully saturated rings. The Morgan fingerprint density at radius 3 is 2.23 bits per heavy atom. The van der Waals surface area contributed by atoms with Crippen LogP contribution in [0.5, 0.6) is 0 Å². The number of anilines is 1. The number of guanidine groups is 1. The van der Waals surface area contributed by atoms with E-state index in [0.717, 1.165) is 16.5 Å². The van der Waals surface area contributed by atoms with Crippen molar-refractivity contribution in [2.75, 3.05) is 37.2 Å². The van der Waals surface area contributed by atoms with Crippen molar-refractivity contribution >= 4 is 92.5 Å². The molecule has 24 nitrogen and oxygen atoms in total. The monoisotopic (exact) mass is 1050 g/mol. The lowest BCUT2D eigenvalue weighted by molar-refractivity contribution is -0.137. The number of H-pyrrole nitrogens is 1. The maximum Gasteiger partial charge on any atom is 0.248 e. The largest absolute Gasteiger partial charge is 0.370 e. The first-order chi connectivity index (χ1) is 35.8. The Kier molecular flexibility index (Phi) is 19.8. The van der Waals surface area contributed by atoms with Gasteiger partial charge in [0.2, 0.25) is 53.2 Å². The molecule has 398 valence electrons. The number of benzene rings is 3. The fraction of sp³-hybridized carbons (Fsp3) is 0.380. The van der Waals surface area contributed by atoms with Crippen molar-refractivity contribution < 1.29 is 43.2 Å². The third-order valence-corrected chi connectivity index (χ3v) is 13.5. The lowest BCUT2D eigenvalue weighted by Crippen LogP contribution is -2.56. The number of aromatic amines is 1. The van der Waals surface area contributed by atoms with Crippen molar-refractivity contribution in [3.05, 3.63) is 101 Å². The number of nitrogens with one attached hydrogen (secondary N) is 9. The molecule has 9 amide bonds. The summed E-state index contributed by atoms with van der Waals surface area (Å²) in [6, 6.07) is 15.3. The lowest BCUT2D eigenvalue weighted by Gasteiger charge is -2.23. The molecule has 2 aliphatic heterocycles. The quantitative estimate of drug-likeness (QED) is 0.0199. The minimum absolute atomic E-state index is 0.0432. The third-order valence-electron chi connectivity index (χ3n) is 12.4. The van der Waals surface area contributed by atoms with Crippen LogP contribution >= 0.6 is 11.8 Å². The van der Waals surface area contributed by atoms with Crippen molar-refractivity contribution in [1.29, 1.82) is 5.41 Å². The van der Waals surface area contributed by atoms with Gasteiger partial charge in [-0.2, -0.15) is 0 Å². The number of primary amides is 2. The van der Waals surface area contributed by atoms with Gasteiger partial charge in [-0.05, 0) is 73.1 Å². The second-order valence-electron chi connectivity index (χ2n) is 18.1. The van der Waals surface area contributed by atoms with Crippen LogP contribution in [0.15, 0.2) is 84.0 Å². The minimum Gasteiger partial charge on any atom is -0.370 e. The van der Waals surface area contributed by atoms with Crippen LogP contribution in [0.2, 0.25) is 0 Å². The summed E-state index contributed by atoms with van der Waals surface area (Å²) in [6.45, 7) is 0.968. The lowest BCUT2D eigenvalue weighted by atomic mass is 10.0. The Morgan fingerprint density at radius 1 is 0.787 bits per heavy atom. The van der Waals surface area contributed by atoms with Gasteiger partial charge < -0.3 is 70.0 Å². The molecule has 4 aromatic rings. The number of amides is 9. The van der Waals surface area contributed by atoms with E-state index in [0.29, 0.717) is 59.0 Å². The molecular formula is C50H63N15O9S. The Bertz CT molecular complexity index is 2820. The second kappa shape index (κ2) is 26.6. The van der Waals surface area contributed by atoms with Gasteiger partial charge in [-0.3, -0.25) is 53.6 Å². The number of likely N-dealkylation sites (tertiary alicyclic amines) is 1. The van der Waals surface area contributed by atoms with E-state index in [2.05, 4.69) is 47.2 Å². The third kappa shape index (κ3) is 16.3. The number of aliphatic imine (C=N–C) groups is 1. The highest BCUT2D eigenvalue weighted by atomic mass is 32.2. The molecular weight excluding hydrogens is 987 g/mol. The molecule has 0 radical (unpaired) electrons. The number of hydrogen-bond acceptors (Lipinski definition) is 13. The van der Waals surface area contributed by atoms with E-state index < -0.39 is 96.6 Å². The van der Waals surface area contributed by atoms with Crippen molar-refractivity contribution in [1.82, 2.24) is 41.8 Å². The predicted molar refractivity (Wildman–Crippen MR) is 281 cm³/mol. The van der Waals surface area contributed by atoms with E-state index in [9.17, 15) is 43.2 Å². The van der Waals surface area contributed by atoms with Gasteiger partial charge in [0.05, 0.1) is 24.2 Å². The van der Waals surface area contributed by atoms with E-state index in [-0.39, 0.29) is 44.1 Å². The molecule has 1 saturated heterocycles.